The third-order valence-electron chi connectivity index (χ3n) is 3.06. The van der Waals surface area contributed by atoms with Crippen LogP contribution in [0.1, 0.15) is 31.5 Å². The SMILES string of the molecule is CCN(C)CCNc1cc(=O)[nH]c(C2CC2)n1. The van der Waals surface area contributed by atoms with Gasteiger partial charge in [-0.2, -0.15) is 0 Å². The van der Waals surface area contributed by atoms with Crippen molar-refractivity contribution in [3.63, 3.8) is 0 Å². The van der Waals surface area contributed by atoms with Gasteiger partial charge in [0.25, 0.3) is 5.56 Å². The van der Waals surface area contributed by atoms with Crippen molar-refractivity contribution >= 4 is 5.82 Å². The fourth-order valence-corrected chi connectivity index (χ4v) is 1.65. The molecule has 0 aromatic carbocycles. The van der Waals surface area contributed by atoms with Crippen LogP contribution in [0.15, 0.2) is 10.9 Å². The second kappa shape index (κ2) is 5.31. The maximum absolute atomic E-state index is 11.5. The van der Waals surface area contributed by atoms with E-state index in [2.05, 4.69) is 34.2 Å². The minimum absolute atomic E-state index is 0.0618. The summed E-state index contributed by atoms with van der Waals surface area (Å²) in [6.07, 6.45) is 2.29. The largest absolute Gasteiger partial charge is 0.369 e. The Labute approximate surface area is 101 Å². The zero-order valence-corrected chi connectivity index (χ0v) is 10.5. The van der Waals surface area contributed by atoms with Gasteiger partial charge in [0.2, 0.25) is 0 Å². The molecule has 0 saturated heterocycles. The lowest BCUT2D eigenvalue weighted by atomic mass is 10.4. The third kappa shape index (κ3) is 3.56. The minimum Gasteiger partial charge on any atom is -0.369 e. The molecule has 1 aromatic heterocycles. The second-order valence-corrected chi connectivity index (χ2v) is 4.61. The van der Waals surface area contributed by atoms with Crippen LogP contribution in [0.3, 0.4) is 0 Å². The van der Waals surface area contributed by atoms with Crippen LogP contribution in [0, 0.1) is 0 Å². The lowest BCUT2D eigenvalue weighted by molar-refractivity contribution is 0.367. The van der Waals surface area contributed by atoms with Crippen molar-refractivity contribution in [1.29, 1.82) is 0 Å². The first-order chi connectivity index (χ1) is 8.19. The predicted octanol–water partition coefficient (Wildman–Crippen LogP) is 1.01. The molecule has 5 heteroatoms. The number of hydrogen-bond acceptors (Lipinski definition) is 4. The zero-order chi connectivity index (χ0) is 12.3. The minimum atomic E-state index is -0.0618. The number of hydrogen-bond donors (Lipinski definition) is 2. The fraction of sp³-hybridized carbons (Fsp3) is 0.667. The summed E-state index contributed by atoms with van der Waals surface area (Å²) < 4.78 is 0. The zero-order valence-electron chi connectivity index (χ0n) is 10.5. The predicted molar refractivity (Wildman–Crippen MR) is 68.5 cm³/mol. The van der Waals surface area contributed by atoms with Crippen LogP contribution in [-0.2, 0) is 0 Å². The highest BCUT2D eigenvalue weighted by atomic mass is 16.1. The third-order valence-corrected chi connectivity index (χ3v) is 3.06. The fourth-order valence-electron chi connectivity index (χ4n) is 1.65. The molecular formula is C12H20N4O. The molecule has 5 nitrogen and oxygen atoms in total. The Kier molecular flexibility index (Phi) is 3.78. The molecule has 0 spiro atoms. The standard InChI is InChI=1S/C12H20N4O/c1-3-16(2)7-6-13-10-8-11(17)15-12(14-10)9-4-5-9/h8-9H,3-7H2,1-2H3,(H2,13,14,15,17). The van der Waals surface area contributed by atoms with E-state index in [0.29, 0.717) is 11.7 Å². The van der Waals surface area contributed by atoms with Crippen molar-refractivity contribution in [3.05, 3.63) is 22.2 Å². The van der Waals surface area contributed by atoms with E-state index in [0.717, 1.165) is 38.3 Å². The van der Waals surface area contributed by atoms with Gasteiger partial charge in [0.1, 0.15) is 11.6 Å². The summed E-state index contributed by atoms with van der Waals surface area (Å²) in [6.45, 7) is 4.91. The molecule has 1 aliphatic rings. The van der Waals surface area contributed by atoms with Gasteiger partial charge in [-0.3, -0.25) is 4.79 Å². The summed E-state index contributed by atoms with van der Waals surface area (Å²) in [7, 11) is 2.07. The van der Waals surface area contributed by atoms with Crippen LogP contribution < -0.4 is 10.9 Å². The van der Waals surface area contributed by atoms with E-state index in [-0.39, 0.29) is 5.56 Å². The maximum atomic E-state index is 11.5. The number of aromatic nitrogens is 2. The van der Waals surface area contributed by atoms with Gasteiger partial charge in [-0.1, -0.05) is 6.92 Å². The van der Waals surface area contributed by atoms with Gasteiger partial charge in [-0.05, 0) is 26.4 Å². The molecule has 1 fully saturated rings. The average Bonchev–Trinajstić information content (AvgIpc) is 3.12. The molecule has 1 aromatic rings. The molecule has 0 amide bonds. The Morgan fingerprint density at radius 1 is 1.59 bits per heavy atom. The van der Waals surface area contributed by atoms with Crippen LogP contribution in [-0.4, -0.2) is 41.5 Å². The first-order valence-corrected chi connectivity index (χ1v) is 6.22. The lowest BCUT2D eigenvalue weighted by Crippen LogP contribution is -2.25. The van der Waals surface area contributed by atoms with E-state index in [1.165, 1.54) is 6.07 Å². The van der Waals surface area contributed by atoms with Gasteiger partial charge in [0, 0.05) is 25.1 Å². The Bertz CT molecular complexity index is 425. The van der Waals surface area contributed by atoms with Crippen LogP contribution in [0.25, 0.3) is 0 Å². The molecule has 0 radical (unpaired) electrons. The molecule has 2 N–H and O–H groups in total. The molecule has 1 aliphatic carbocycles. The topological polar surface area (TPSA) is 61.0 Å². The molecule has 17 heavy (non-hydrogen) atoms. The Morgan fingerprint density at radius 2 is 2.35 bits per heavy atom. The van der Waals surface area contributed by atoms with E-state index in [4.69, 9.17) is 0 Å². The Morgan fingerprint density at radius 3 is 3.00 bits per heavy atom. The quantitative estimate of drug-likeness (QED) is 0.774. The van der Waals surface area contributed by atoms with Crippen molar-refractivity contribution in [2.75, 3.05) is 32.0 Å². The van der Waals surface area contributed by atoms with Crippen molar-refractivity contribution in [3.8, 4) is 0 Å². The number of likely N-dealkylation sites (N-methyl/N-ethyl adjacent to an activating group) is 1. The number of H-pyrrole nitrogens is 1. The van der Waals surface area contributed by atoms with E-state index in [1.54, 1.807) is 0 Å². The van der Waals surface area contributed by atoms with Crippen molar-refractivity contribution in [2.24, 2.45) is 0 Å². The average molecular weight is 236 g/mol. The van der Waals surface area contributed by atoms with E-state index in [9.17, 15) is 4.79 Å². The molecule has 0 unspecified atom stereocenters. The Hall–Kier alpha value is -1.36. The smallest absolute Gasteiger partial charge is 0.252 e. The summed E-state index contributed by atoms with van der Waals surface area (Å²) in [5.74, 6) is 2.01. The highest BCUT2D eigenvalue weighted by Gasteiger charge is 2.26. The van der Waals surface area contributed by atoms with Gasteiger partial charge in [-0.15, -0.1) is 0 Å². The molecule has 0 atom stereocenters. The van der Waals surface area contributed by atoms with Crippen molar-refractivity contribution in [1.82, 2.24) is 14.9 Å². The summed E-state index contributed by atoms with van der Waals surface area (Å²) in [5.41, 5.74) is -0.0618. The van der Waals surface area contributed by atoms with Crippen molar-refractivity contribution < 1.29 is 0 Å². The van der Waals surface area contributed by atoms with Crippen LogP contribution in [0.5, 0.6) is 0 Å². The first kappa shape index (κ1) is 12.1. The van der Waals surface area contributed by atoms with Gasteiger partial charge in [0.15, 0.2) is 0 Å². The monoisotopic (exact) mass is 236 g/mol. The van der Waals surface area contributed by atoms with E-state index in [1.807, 2.05) is 0 Å². The normalized spacial score (nSPS) is 15.2. The van der Waals surface area contributed by atoms with E-state index < -0.39 is 0 Å². The first-order valence-electron chi connectivity index (χ1n) is 6.22. The number of aromatic amines is 1. The van der Waals surface area contributed by atoms with Crippen molar-refractivity contribution in [2.45, 2.75) is 25.7 Å². The maximum Gasteiger partial charge on any atom is 0.252 e. The van der Waals surface area contributed by atoms with Gasteiger partial charge in [-0.25, -0.2) is 4.98 Å². The molecule has 0 aliphatic heterocycles. The molecular weight excluding hydrogens is 216 g/mol. The van der Waals surface area contributed by atoms with Crippen LogP contribution >= 0.6 is 0 Å². The molecule has 94 valence electrons. The van der Waals surface area contributed by atoms with Gasteiger partial charge >= 0.3 is 0 Å². The van der Waals surface area contributed by atoms with Crippen LogP contribution in [0.4, 0.5) is 5.82 Å². The van der Waals surface area contributed by atoms with Crippen LogP contribution in [0.2, 0.25) is 0 Å². The summed E-state index contributed by atoms with van der Waals surface area (Å²) in [5, 5.41) is 3.20. The highest BCUT2D eigenvalue weighted by Crippen LogP contribution is 2.37. The number of nitrogens with zero attached hydrogens (tertiary/aromatic N) is 2. The van der Waals surface area contributed by atoms with Gasteiger partial charge in [0.05, 0.1) is 0 Å². The highest BCUT2D eigenvalue weighted by molar-refractivity contribution is 5.33. The van der Waals surface area contributed by atoms with E-state index >= 15 is 0 Å². The van der Waals surface area contributed by atoms with Gasteiger partial charge < -0.3 is 15.2 Å². The summed E-state index contributed by atoms with van der Waals surface area (Å²) in [4.78, 5) is 20.9. The second-order valence-electron chi connectivity index (χ2n) is 4.61. The molecule has 1 saturated carbocycles. The number of anilines is 1. The summed E-state index contributed by atoms with van der Waals surface area (Å²) in [6, 6.07) is 1.53. The molecule has 2 rings (SSSR count). The number of rotatable bonds is 6. The lowest BCUT2D eigenvalue weighted by Gasteiger charge is -2.14. The summed E-state index contributed by atoms with van der Waals surface area (Å²) >= 11 is 0. The number of nitrogens with one attached hydrogen (secondary N) is 2. The molecule has 1 heterocycles. The Balaban J connectivity index is 1.93. The molecule has 0 bridgehead atoms.